The molecule has 2 rings (SSSR count). The van der Waals surface area contributed by atoms with E-state index in [1.807, 2.05) is 47.4 Å². The highest BCUT2D eigenvalue weighted by molar-refractivity contribution is 5.79. The number of unbranched alkanes of at least 4 members (excludes halogenated alkanes) is 1. The van der Waals surface area contributed by atoms with Crippen LogP contribution in [-0.2, 0) is 20.7 Å². The minimum absolute atomic E-state index is 0.0354. The van der Waals surface area contributed by atoms with Crippen molar-refractivity contribution in [1.29, 1.82) is 0 Å². The number of hydrogen-bond acceptors (Lipinski definition) is 4. The molecule has 1 aliphatic heterocycles. The Hall–Kier alpha value is -2.40. The first-order valence-corrected chi connectivity index (χ1v) is 10.9. The third-order valence-electron chi connectivity index (χ3n) is 5.67. The summed E-state index contributed by atoms with van der Waals surface area (Å²) in [5.41, 5.74) is 1.28. The van der Waals surface area contributed by atoms with E-state index in [9.17, 15) is 14.7 Å². The fourth-order valence-corrected chi connectivity index (χ4v) is 3.61. The van der Waals surface area contributed by atoms with Crippen LogP contribution in [0.2, 0.25) is 0 Å². The van der Waals surface area contributed by atoms with Crippen LogP contribution in [0.1, 0.15) is 51.0 Å². The lowest BCUT2D eigenvalue weighted by Crippen LogP contribution is -2.32. The number of rotatable bonds is 12. The third kappa shape index (κ3) is 8.15. The van der Waals surface area contributed by atoms with E-state index in [-0.39, 0.29) is 23.8 Å². The minimum Gasteiger partial charge on any atom is -0.469 e. The number of hydrogen-bond donors (Lipinski definition) is 1. The van der Waals surface area contributed by atoms with Crippen LogP contribution in [0, 0.1) is 5.92 Å². The fourth-order valence-electron chi connectivity index (χ4n) is 3.61. The molecule has 5 heteroatoms. The van der Waals surface area contributed by atoms with Gasteiger partial charge in [-0.15, -0.1) is 0 Å². The quantitative estimate of drug-likeness (QED) is 0.319. The third-order valence-corrected chi connectivity index (χ3v) is 5.67. The lowest BCUT2D eigenvalue weighted by Gasteiger charge is -2.22. The van der Waals surface area contributed by atoms with Crippen LogP contribution in [-0.4, -0.2) is 47.7 Å². The fraction of sp³-hybridized carbons (Fsp3) is 0.520. The molecule has 3 atom stereocenters. The smallest absolute Gasteiger partial charge is 0.305 e. The van der Waals surface area contributed by atoms with Crippen molar-refractivity contribution >= 4 is 11.9 Å². The van der Waals surface area contributed by atoms with E-state index < -0.39 is 6.10 Å². The molecule has 1 amide bonds. The van der Waals surface area contributed by atoms with Gasteiger partial charge in [0.15, 0.2) is 0 Å². The van der Waals surface area contributed by atoms with Crippen LogP contribution in [0.5, 0.6) is 0 Å². The van der Waals surface area contributed by atoms with Gasteiger partial charge in [0.05, 0.1) is 19.3 Å². The Morgan fingerprint density at radius 1 is 1.30 bits per heavy atom. The monoisotopic (exact) mass is 413 g/mol. The Bertz CT molecular complexity index is 713. The molecule has 0 spiro atoms. The maximum atomic E-state index is 12.2. The second-order valence-electron chi connectivity index (χ2n) is 7.97. The summed E-state index contributed by atoms with van der Waals surface area (Å²) in [4.78, 5) is 25.2. The van der Waals surface area contributed by atoms with E-state index in [0.29, 0.717) is 19.4 Å². The van der Waals surface area contributed by atoms with Gasteiger partial charge in [0.1, 0.15) is 0 Å². The lowest BCUT2D eigenvalue weighted by molar-refractivity contribution is -0.140. The highest BCUT2D eigenvalue weighted by Gasteiger charge is 2.28. The van der Waals surface area contributed by atoms with Crippen molar-refractivity contribution in [3.05, 3.63) is 60.2 Å². The van der Waals surface area contributed by atoms with Gasteiger partial charge in [-0.05, 0) is 43.6 Å². The minimum atomic E-state index is -0.514. The second-order valence-corrected chi connectivity index (χ2v) is 7.97. The second kappa shape index (κ2) is 13.0. The van der Waals surface area contributed by atoms with Crippen molar-refractivity contribution < 1.29 is 19.4 Å². The van der Waals surface area contributed by atoms with Crippen molar-refractivity contribution in [3.8, 4) is 0 Å². The zero-order chi connectivity index (χ0) is 21.8. The SMILES string of the molecule is COC(=O)CCCC=CCN1C(=O)CC[C@@H]1C=C[C@H](O)[C@@H](C)CCc1ccccc1. The Balaban J connectivity index is 1.76. The van der Waals surface area contributed by atoms with Crippen molar-refractivity contribution in [2.75, 3.05) is 13.7 Å². The van der Waals surface area contributed by atoms with Gasteiger partial charge in [-0.3, -0.25) is 9.59 Å². The normalized spacial score (nSPS) is 19.0. The van der Waals surface area contributed by atoms with Gasteiger partial charge in [-0.25, -0.2) is 0 Å². The highest BCUT2D eigenvalue weighted by Crippen LogP contribution is 2.21. The summed E-state index contributed by atoms with van der Waals surface area (Å²) in [6.07, 6.45) is 12.5. The summed E-state index contributed by atoms with van der Waals surface area (Å²) in [6.45, 7) is 2.62. The van der Waals surface area contributed by atoms with E-state index in [1.165, 1.54) is 12.7 Å². The molecule has 0 unspecified atom stereocenters. The van der Waals surface area contributed by atoms with E-state index in [2.05, 4.69) is 23.8 Å². The molecule has 1 N–H and O–H groups in total. The molecule has 0 saturated carbocycles. The number of ether oxygens (including phenoxy) is 1. The number of aryl methyl sites for hydroxylation is 1. The van der Waals surface area contributed by atoms with Crippen LogP contribution in [0.3, 0.4) is 0 Å². The molecular formula is C25H35NO4. The Morgan fingerprint density at radius 2 is 2.07 bits per heavy atom. The molecule has 1 saturated heterocycles. The molecule has 30 heavy (non-hydrogen) atoms. The standard InChI is InChI=1S/C25H35NO4/c1-20(13-14-21-10-6-5-7-11-21)23(27)17-15-22-16-18-24(28)26(22)19-9-4-3-8-12-25(29)30-2/h4-7,9-11,15,17,20,22-23,27H,3,8,12-14,16,18-19H2,1-2H3/t20-,22-,23-/m0/s1. The van der Waals surface area contributed by atoms with E-state index in [4.69, 9.17) is 0 Å². The zero-order valence-electron chi connectivity index (χ0n) is 18.2. The molecule has 5 nitrogen and oxygen atoms in total. The molecule has 1 heterocycles. The van der Waals surface area contributed by atoms with Gasteiger partial charge in [-0.1, -0.05) is 61.6 Å². The van der Waals surface area contributed by atoms with Crippen molar-refractivity contribution in [1.82, 2.24) is 4.90 Å². The number of aliphatic hydroxyl groups excluding tert-OH is 1. The summed E-state index contributed by atoms with van der Waals surface area (Å²) >= 11 is 0. The Morgan fingerprint density at radius 3 is 2.80 bits per heavy atom. The molecule has 164 valence electrons. The average molecular weight is 414 g/mol. The zero-order valence-corrected chi connectivity index (χ0v) is 18.2. The van der Waals surface area contributed by atoms with Gasteiger partial charge in [0, 0.05) is 19.4 Å². The Kier molecular flexibility index (Phi) is 10.4. The summed E-state index contributed by atoms with van der Waals surface area (Å²) in [5, 5.41) is 10.5. The van der Waals surface area contributed by atoms with Gasteiger partial charge in [0.2, 0.25) is 5.91 Å². The van der Waals surface area contributed by atoms with Gasteiger partial charge < -0.3 is 14.7 Å². The van der Waals surface area contributed by atoms with Crippen molar-refractivity contribution in [2.45, 2.75) is 64.0 Å². The predicted octanol–water partition coefficient (Wildman–Crippen LogP) is 4.06. The molecule has 1 fully saturated rings. The first-order chi connectivity index (χ1) is 14.5. The summed E-state index contributed by atoms with van der Waals surface area (Å²) in [7, 11) is 1.39. The number of allylic oxidation sites excluding steroid dienone is 1. The summed E-state index contributed by atoms with van der Waals surface area (Å²) in [5.74, 6) is 0.108. The number of benzene rings is 1. The molecule has 0 radical (unpaired) electrons. The summed E-state index contributed by atoms with van der Waals surface area (Å²) < 4.78 is 4.62. The molecule has 1 aromatic rings. The van der Waals surface area contributed by atoms with Gasteiger partial charge in [0.25, 0.3) is 0 Å². The lowest BCUT2D eigenvalue weighted by atomic mass is 9.95. The van der Waals surface area contributed by atoms with Crippen molar-refractivity contribution in [3.63, 3.8) is 0 Å². The number of nitrogens with zero attached hydrogens (tertiary/aromatic N) is 1. The van der Waals surface area contributed by atoms with E-state index in [1.54, 1.807) is 0 Å². The topological polar surface area (TPSA) is 66.8 Å². The van der Waals surface area contributed by atoms with Crippen LogP contribution >= 0.6 is 0 Å². The highest BCUT2D eigenvalue weighted by atomic mass is 16.5. The van der Waals surface area contributed by atoms with Crippen molar-refractivity contribution in [2.24, 2.45) is 5.92 Å². The number of carbonyl (C=O) groups excluding carboxylic acids is 2. The first-order valence-electron chi connectivity index (χ1n) is 10.9. The van der Waals surface area contributed by atoms with Crippen LogP contribution in [0.4, 0.5) is 0 Å². The molecular weight excluding hydrogens is 378 g/mol. The van der Waals surface area contributed by atoms with Gasteiger partial charge in [-0.2, -0.15) is 0 Å². The number of amides is 1. The maximum Gasteiger partial charge on any atom is 0.305 e. The molecule has 0 bridgehead atoms. The molecule has 0 aliphatic carbocycles. The molecule has 1 aliphatic rings. The number of likely N-dealkylation sites (tertiary alicyclic amines) is 1. The largest absolute Gasteiger partial charge is 0.469 e. The predicted molar refractivity (Wildman–Crippen MR) is 119 cm³/mol. The number of methoxy groups -OCH3 is 1. The maximum absolute atomic E-state index is 12.2. The van der Waals surface area contributed by atoms with Crippen LogP contribution in [0.15, 0.2) is 54.6 Å². The van der Waals surface area contributed by atoms with Gasteiger partial charge >= 0.3 is 5.97 Å². The number of aliphatic hydroxyl groups is 1. The Labute approximate surface area is 180 Å². The summed E-state index contributed by atoms with van der Waals surface area (Å²) in [6, 6.07) is 10.3. The molecule has 1 aromatic carbocycles. The number of esters is 1. The van der Waals surface area contributed by atoms with Crippen LogP contribution in [0.25, 0.3) is 0 Å². The van der Waals surface area contributed by atoms with Crippen LogP contribution < -0.4 is 0 Å². The average Bonchev–Trinajstić information content (AvgIpc) is 3.12. The van der Waals surface area contributed by atoms with E-state index >= 15 is 0 Å². The van der Waals surface area contributed by atoms with E-state index in [0.717, 1.165) is 32.1 Å². The molecule has 0 aromatic heterocycles. The number of carbonyl (C=O) groups is 2. The first kappa shape index (κ1) is 23.9.